The number of rotatable bonds is 3. The summed E-state index contributed by atoms with van der Waals surface area (Å²) in [5.41, 5.74) is 2.86. The molecule has 1 amide bonds. The normalized spacial score (nSPS) is 9.60. The Morgan fingerprint density at radius 3 is 2.27 bits per heavy atom. The van der Waals surface area contributed by atoms with Gasteiger partial charge in [0.1, 0.15) is 0 Å². The molecule has 0 heterocycles. The second kappa shape index (κ2) is 4.42. The van der Waals surface area contributed by atoms with E-state index in [1.165, 1.54) is 0 Å². The molecular formula is C13H10NO. The molecule has 2 heteroatoms. The standard InChI is InChI=1S/C13H10NO/c15-10-14-13-9-5-4-8-12(13)11-6-2-1-3-7-11/h1-9H,(H,14,15). The van der Waals surface area contributed by atoms with Gasteiger partial charge in [0, 0.05) is 11.3 Å². The van der Waals surface area contributed by atoms with Gasteiger partial charge in [0.15, 0.2) is 0 Å². The highest BCUT2D eigenvalue weighted by Crippen LogP contribution is 2.26. The zero-order valence-electron chi connectivity index (χ0n) is 8.10. The van der Waals surface area contributed by atoms with Crippen molar-refractivity contribution in [3.05, 3.63) is 54.6 Å². The van der Waals surface area contributed by atoms with Gasteiger partial charge in [-0.2, -0.15) is 0 Å². The van der Waals surface area contributed by atoms with Crippen molar-refractivity contribution in [1.29, 1.82) is 0 Å². The molecule has 0 saturated heterocycles. The molecule has 0 aromatic heterocycles. The van der Waals surface area contributed by atoms with Crippen molar-refractivity contribution in [1.82, 2.24) is 0 Å². The first-order valence-electron chi connectivity index (χ1n) is 4.69. The minimum absolute atomic E-state index is 0.777. The minimum Gasteiger partial charge on any atom is -0.317 e. The van der Waals surface area contributed by atoms with Crippen LogP contribution in [0.25, 0.3) is 11.1 Å². The fourth-order valence-corrected chi connectivity index (χ4v) is 1.52. The number of hydrogen-bond donors (Lipinski definition) is 1. The number of anilines is 1. The van der Waals surface area contributed by atoms with E-state index in [1.54, 1.807) is 6.41 Å². The summed E-state index contributed by atoms with van der Waals surface area (Å²) in [6.07, 6.45) is 1.69. The maximum atomic E-state index is 10.3. The summed E-state index contributed by atoms with van der Waals surface area (Å²) in [7, 11) is 0. The first-order chi connectivity index (χ1) is 7.42. The Morgan fingerprint density at radius 1 is 0.867 bits per heavy atom. The first-order valence-corrected chi connectivity index (χ1v) is 4.69. The number of carbonyl (C=O) groups excluding carboxylic acids is 1. The van der Waals surface area contributed by atoms with Crippen LogP contribution in [0.15, 0.2) is 54.6 Å². The molecule has 0 unspecified atom stereocenters. The smallest absolute Gasteiger partial charge is 0.314 e. The highest BCUT2D eigenvalue weighted by molar-refractivity contribution is 5.85. The molecule has 0 aliphatic rings. The van der Waals surface area contributed by atoms with Crippen LogP contribution < -0.4 is 5.32 Å². The topological polar surface area (TPSA) is 29.1 Å². The second-order valence-electron chi connectivity index (χ2n) is 3.14. The Morgan fingerprint density at radius 2 is 1.53 bits per heavy atom. The highest BCUT2D eigenvalue weighted by atomic mass is 16.1. The van der Waals surface area contributed by atoms with Crippen LogP contribution >= 0.6 is 0 Å². The van der Waals surface area contributed by atoms with Crippen molar-refractivity contribution in [2.24, 2.45) is 0 Å². The highest BCUT2D eigenvalue weighted by Gasteiger charge is 2.02. The van der Waals surface area contributed by atoms with Crippen molar-refractivity contribution >= 4 is 12.1 Å². The Bertz CT molecular complexity index is 451. The monoisotopic (exact) mass is 196 g/mol. The molecule has 2 aromatic carbocycles. The van der Waals surface area contributed by atoms with Crippen molar-refractivity contribution < 1.29 is 4.79 Å². The molecule has 0 saturated carbocycles. The SMILES string of the molecule is O=[C]Nc1ccccc1-c1ccccc1. The molecule has 2 rings (SSSR count). The van der Waals surface area contributed by atoms with E-state index in [2.05, 4.69) is 5.32 Å². The van der Waals surface area contributed by atoms with Gasteiger partial charge in [-0.25, -0.2) is 0 Å². The summed E-state index contributed by atoms with van der Waals surface area (Å²) < 4.78 is 0. The molecule has 1 radical (unpaired) electrons. The molecule has 15 heavy (non-hydrogen) atoms. The van der Waals surface area contributed by atoms with Gasteiger partial charge < -0.3 is 5.32 Å². The van der Waals surface area contributed by atoms with Gasteiger partial charge in [0.05, 0.1) is 0 Å². The summed E-state index contributed by atoms with van der Waals surface area (Å²) in [5.74, 6) is 0. The predicted octanol–water partition coefficient (Wildman–Crippen LogP) is 2.83. The summed E-state index contributed by atoms with van der Waals surface area (Å²) >= 11 is 0. The average molecular weight is 196 g/mol. The van der Waals surface area contributed by atoms with Gasteiger partial charge in [-0.3, -0.25) is 4.79 Å². The second-order valence-corrected chi connectivity index (χ2v) is 3.14. The zero-order valence-corrected chi connectivity index (χ0v) is 8.10. The summed E-state index contributed by atoms with van der Waals surface area (Å²) in [5, 5.41) is 2.57. The van der Waals surface area contributed by atoms with Gasteiger partial charge in [-0.05, 0) is 11.6 Å². The molecular weight excluding hydrogens is 186 g/mol. The number of hydrogen-bond acceptors (Lipinski definition) is 1. The van der Waals surface area contributed by atoms with Crippen LogP contribution in [0.4, 0.5) is 5.69 Å². The van der Waals surface area contributed by atoms with Crippen LogP contribution in [0.3, 0.4) is 0 Å². The largest absolute Gasteiger partial charge is 0.317 e. The molecule has 1 N–H and O–H groups in total. The predicted molar refractivity (Wildman–Crippen MR) is 61.2 cm³/mol. The molecule has 0 aliphatic carbocycles. The molecule has 0 atom stereocenters. The van der Waals surface area contributed by atoms with Crippen LogP contribution in [0.1, 0.15) is 0 Å². The lowest BCUT2D eigenvalue weighted by atomic mass is 10.0. The van der Waals surface area contributed by atoms with Crippen LogP contribution in [0.5, 0.6) is 0 Å². The van der Waals surface area contributed by atoms with E-state index in [0.29, 0.717) is 0 Å². The molecule has 0 bridgehead atoms. The van der Waals surface area contributed by atoms with Crippen LogP contribution in [-0.2, 0) is 4.79 Å². The fraction of sp³-hybridized carbons (Fsp3) is 0. The molecule has 2 nitrogen and oxygen atoms in total. The third kappa shape index (κ3) is 2.05. The molecule has 0 spiro atoms. The molecule has 2 aromatic rings. The Hall–Kier alpha value is -2.09. The Labute approximate surface area is 88.6 Å². The van der Waals surface area contributed by atoms with E-state index in [-0.39, 0.29) is 0 Å². The van der Waals surface area contributed by atoms with Crippen LogP contribution in [0, 0.1) is 0 Å². The van der Waals surface area contributed by atoms with Crippen molar-refractivity contribution in [2.45, 2.75) is 0 Å². The maximum absolute atomic E-state index is 10.3. The van der Waals surface area contributed by atoms with Gasteiger partial charge in [-0.1, -0.05) is 48.5 Å². The average Bonchev–Trinajstić information content (AvgIpc) is 2.31. The number of benzene rings is 2. The summed E-state index contributed by atoms with van der Waals surface area (Å²) in [6, 6.07) is 17.6. The molecule has 0 aliphatic heterocycles. The lowest BCUT2D eigenvalue weighted by Crippen LogP contribution is -1.95. The van der Waals surface area contributed by atoms with E-state index in [1.807, 2.05) is 54.6 Å². The first kappa shape index (κ1) is 9.46. The Kier molecular flexibility index (Phi) is 2.79. The van der Waals surface area contributed by atoms with Crippen molar-refractivity contribution in [3.63, 3.8) is 0 Å². The third-order valence-electron chi connectivity index (χ3n) is 2.20. The summed E-state index contributed by atoms with van der Waals surface area (Å²) in [4.78, 5) is 10.3. The lowest BCUT2D eigenvalue weighted by molar-refractivity contribution is 0.561. The van der Waals surface area contributed by atoms with Gasteiger partial charge in [0.2, 0.25) is 0 Å². The van der Waals surface area contributed by atoms with E-state index in [9.17, 15) is 4.79 Å². The van der Waals surface area contributed by atoms with Gasteiger partial charge in [-0.15, -0.1) is 0 Å². The zero-order chi connectivity index (χ0) is 10.5. The van der Waals surface area contributed by atoms with Gasteiger partial charge in [0.25, 0.3) is 0 Å². The van der Waals surface area contributed by atoms with E-state index in [0.717, 1.165) is 16.8 Å². The van der Waals surface area contributed by atoms with E-state index in [4.69, 9.17) is 0 Å². The van der Waals surface area contributed by atoms with E-state index >= 15 is 0 Å². The number of nitrogens with one attached hydrogen (secondary N) is 1. The lowest BCUT2D eigenvalue weighted by Gasteiger charge is -2.07. The van der Waals surface area contributed by atoms with Crippen LogP contribution in [0.2, 0.25) is 0 Å². The third-order valence-corrected chi connectivity index (χ3v) is 2.20. The van der Waals surface area contributed by atoms with Crippen molar-refractivity contribution in [3.8, 4) is 11.1 Å². The molecule has 0 fully saturated rings. The number of amides is 1. The van der Waals surface area contributed by atoms with Gasteiger partial charge >= 0.3 is 6.41 Å². The summed E-state index contributed by atoms with van der Waals surface area (Å²) in [6.45, 7) is 0. The van der Waals surface area contributed by atoms with Crippen LogP contribution in [-0.4, -0.2) is 6.41 Å². The maximum Gasteiger partial charge on any atom is 0.314 e. The fourth-order valence-electron chi connectivity index (χ4n) is 1.52. The van der Waals surface area contributed by atoms with E-state index < -0.39 is 0 Å². The quantitative estimate of drug-likeness (QED) is 0.751. The molecule has 73 valence electrons. The number of para-hydroxylation sites is 1. The van der Waals surface area contributed by atoms with Crippen molar-refractivity contribution in [2.75, 3.05) is 5.32 Å². The Balaban J connectivity index is 2.48. The minimum atomic E-state index is 0.777.